The molecule has 0 radical (unpaired) electrons. The van der Waals surface area contributed by atoms with Gasteiger partial charge in [-0.05, 0) is 38.3 Å². The minimum absolute atomic E-state index is 0.0208. The lowest BCUT2D eigenvalue weighted by Gasteiger charge is -2.36. The lowest BCUT2D eigenvalue weighted by atomic mass is 9.93. The number of carbonyl (C=O) groups is 2. The van der Waals surface area contributed by atoms with E-state index in [0.29, 0.717) is 19.4 Å². The summed E-state index contributed by atoms with van der Waals surface area (Å²) >= 11 is 0. The van der Waals surface area contributed by atoms with E-state index >= 15 is 0 Å². The number of carboxylic acids is 1. The number of rotatable bonds is 4. The van der Waals surface area contributed by atoms with Crippen LogP contribution >= 0.6 is 0 Å². The number of benzene rings is 1. The van der Waals surface area contributed by atoms with Gasteiger partial charge in [-0.3, -0.25) is 9.59 Å². The number of hydrogen-bond acceptors (Lipinski definition) is 2. The van der Waals surface area contributed by atoms with Crippen molar-refractivity contribution in [3.8, 4) is 0 Å². The van der Waals surface area contributed by atoms with E-state index in [9.17, 15) is 14.7 Å². The predicted octanol–water partition coefficient (Wildman–Crippen LogP) is 2.92. The highest BCUT2D eigenvalue weighted by Gasteiger charge is 2.32. The van der Waals surface area contributed by atoms with Crippen LogP contribution in [-0.4, -0.2) is 39.0 Å². The third-order valence-corrected chi connectivity index (χ3v) is 5.11. The van der Waals surface area contributed by atoms with Crippen molar-refractivity contribution in [2.24, 2.45) is 5.92 Å². The quantitative estimate of drug-likeness (QED) is 0.938. The van der Waals surface area contributed by atoms with Crippen LogP contribution in [0.4, 0.5) is 0 Å². The smallest absolute Gasteiger partial charge is 0.308 e. The molecule has 3 rings (SSSR count). The molecule has 2 unspecified atom stereocenters. The number of aromatic nitrogens is 1. The molecule has 0 aliphatic carbocycles. The van der Waals surface area contributed by atoms with Crippen LogP contribution in [0.1, 0.15) is 32.3 Å². The molecule has 5 nitrogen and oxygen atoms in total. The summed E-state index contributed by atoms with van der Waals surface area (Å²) in [6.45, 7) is 5.27. The van der Waals surface area contributed by atoms with Crippen molar-refractivity contribution in [2.75, 3.05) is 6.54 Å². The van der Waals surface area contributed by atoms with E-state index in [1.54, 1.807) is 4.90 Å². The maximum Gasteiger partial charge on any atom is 0.308 e. The summed E-state index contributed by atoms with van der Waals surface area (Å²) < 4.78 is 2.15. The van der Waals surface area contributed by atoms with E-state index < -0.39 is 11.9 Å². The zero-order valence-corrected chi connectivity index (χ0v) is 14.2. The molecule has 1 N–H and O–H groups in total. The van der Waals surface area contributed by atoms with Crippen molar-refractivity contribution < 1.29 is 14.7 Å². The van der Waals surface area contributed by atoms with Crippen LogP contribution in [0.2, 0.25) is 0 Å². The third-order valence-electron chi connectivity index (χ3n) is 5.11. The van der Waals surface area contributed by atoms with Crippen LogP contribution < -0.4 is 0 Å². The number of fused-ring (bicyclic) bond motifs is 1. The van der Waals surface area contributed by atoms with Crippen molar-refractivity contribution in [3.63, 3.8) is 0 Å². The van der Waals surface area contributed by atoms with Gasteiger partial charge in [0.1, 0.15) is 0 Å². The summed E-state index contributed by atoms with van der Waals surface area (Å²) in [5.41, 5.74) is 2.15. The zero-order valence-electron chi connectivity index (χ0n) is 14.2. The molecule has 1 fully saturated rings. The number of carboxylic acid groups (broad SMARTS) is 1. The highest BCUT2D eigenvalue weighted by molar-refractivity contribution is 5.89. The highest BCUT2D eigenvalue weighted by atomic mass is 16.4. The maximum atomic E-state index is 12.8. The normalized spacial score (nSPS) is 21.2. The van der Waals surface area contributed by atoms with Gasteiger partial charge in [-0.25, -0.2) is 0 Å². The molecule has 1 amide bonds. The van der Waals surface area contributed by atoms with Gasteiger partial charge in [0.05, 0.1) is 12.3 Å². The molecular weight excluding hydrogens is 304 g/mol. The van der Waals surface area contributed by atoms with E-state index in [1.165, 1.54) is 0 Å². The van der Waals surface area contributed by atoms with Crippen LogP contribution in [0.25, 0.3) is 10.9 Å². The first-order chi connectivity index (χ1) is 11.5. The molecule has 1 aromatic carbocycles. The molecule has 128 valence electrons. The summed E-state index contributed by atoms with van der Waals surface area (Å²) in [5.74, 6) is -1.23. The fourth-order valence-corrected chi connectivity index (χ4v) is 3.65. The van der Waals surface area contributed by atoms with Crippen molar-refractivity contribution in [1.82, 2.24) is 9.47 Å². The summed E-state index contributed by atoms with van der Waals surface area (Å²) in [4.78, 5) is 25.8. The first-order valence-electron chi connectivity index (χ1n) is 8.60. The molecule has 1 aliphatic rings. The van der Waals surface area contributed by atoms with Crippen LogP contribution in [0.15, 0.2) is 30.5 Å². The first kappa shape index (κ1) is 16.6. The molecule has 2 aromatic rings. The van der Waals surface area contributed by atoms with E-state index in [-0.39, 0.29) is 11.9 Å². The summed E-state index contributed by atoms with van der Waals surface area (Å²) in [6.07, 6.45) is 3.77. The fourth-order valence-electron chi connectivity index (χ4n) is 3.65. The van der Waals surface area contributed by atoms with Gasteiger partial charge < -0.3 is 14.6 Å². The number of carbonyl (C=O) groups excluding carboxylic acids is 1. The topological polar surface area (TPSA) is 62.5 Å². The predicted molar refractivity (Wildman–Crippen MR) is 92.9 cm³/mol. The fraction of sp³-hybridized carbons (Fsp3) is 0.474. The average Bonchev–Trinajstić information content (AvgIpc) is 2.93. The van der Waals surface area contributed by atoms with Gasteiger partial charge >= 0.3 is 5.97 Å². The Bertz CT molecular complexity index is 765. The lowest BCUT2D eigenvalue weighted by molar-refractivity contribution is -0.146. The molecular formula is C19H24N2O3. The minimum atomic E-state index is -0.803. The molecule has 2 heterocycles. The Morgan fingerprint density at radius 1 is 1.25 bits per heavy atom. The Kier molecular flexibility index (Phi) is 4.60. The molecule has 1 aromatic heterocycles. The molecule has 0 saturated carbocycles. The average molecular weight is 328 g/mol. The number of likely N-dealkylation sites (tertiary alicyclic amines) is 1. The van der Waals surface area contributed by atoms with Gasteiger partial charge in [-0.15, -0.1) is 0 Å². The summed E-state index contributed by atoms with van der Waals surface area (Å²) in [7, 11) is 0. The van der Waals surface area contributed by atoms with Gasteiger partial charge in [-0.2, -0.15) is 0 Å². The van der Waals surface area contributed by atoms with Gasteiger partial charge in [0, 0.05) is 36.2 Å². The zero-order chi connectivity index (χ0) is 17.3. The molecule has 0 spiro atoms. The second-order valence-electron chi connectivity index (χ2n) is 6.64. The third kappa shape index (κ3) is 3.03. The summed E-state index contributed by atoms with van der Waals surface area (Å²) in [6, 6.07) is 8.21. The van der Waals surface area contributed by atoms with E-state index in [0.717, 1.165) is 29.4 Å². The molecule has 24 heavy (non-hydrogen) atoms. The lowest BCUT2D eigenvalue weighted by Crippen LogP contribution is -2.47. The van der Waals surface area contributed by atoms with Crippen LogP contribution in [0, 0.1) is 5.92 Å². The number of piperidine rings is 1. The Hall–Kier alpha value is -2.30. The number of amides is 1. The second-order valence-corrected chi connectivity index (χ2v) is 6.64. The molecule has 0 bridgehead atoms. The monoisotopic (exact) mass is 328 g/mol. The number of nitrogens with zero attached hydrogens (tertiary/aromatic N) is 2. The second kappa shape index (κ2) is 6.67. The van der Waals surface area contributed by atoms with Crippen molar-refractivity contribution in [1.29, 1.82) is 0 Å². The van der Waals surface area contributed by atoms with Gasteiger partial charge in [0.15, 0.2) is 0 Å². The standard InChI is InChI=1S/C19H24N2O3/c1-3-20-11-15(16-6-4-5-7-17(16)20)10-18(22)21-12-14(19(23)24)9-8-13(21)2/h4-7,11,13-14H,3,8-10,12H2,1-2H3,(H,23,24). The van der Waals surface area contributed by atoms with E-state index in [4.69, 9.17) is 0 Å². The number of aryl methyl sites for hydroxylation is 1. The van der Waals surface area contributed by atoms with Crippen molar-refractivity contribution in [3.05, 3.63) is 36.0 Å². The van der Waals surface area contributed by atoms with Crippen LogP contribution in [0.5, 0.6) is 0 Å². The highest BCUT2D eigenvalue weighted by Crippen LogP contribution is 2.26. The minimum Gasteiger partial charge on any atom is -0.481 e. The molecule has 2 atom stereocenters. The Balaban J connectivity index is 1.83. The number of para-hydroxylation sites is 1. The van der Waals surface area contributed by atoms with Crippen LogP contribution in [-0.2, 0) is 22.6 Å². The van der Waals surface area contributed by atoms with Crippen LogP contribution in [0.3, 0.4) is 0 Å². The van der Waals surface area contributed by atoms with E-state index in [1.807, 2.05) is 31.3 Å². The van der Waals surface area contributed by atoms with E-state index in [2.05, 4.69) is 17.6 Å². The number of aliphatic carboxylic acids is 1. The first-order valence-corrected chi connectivity index (χ1v) is 8.60. The van der Waals surface area contributed by atoms with Crippen molar-refractivity contribution in [2.45, 2.75) is 45.7 Å². The largest absolute Gasteiger partial charge is 0.481 e. The Labute approximate surface area is 141 Å². The molecule has 5 heteroatoms. The Morgan fingerprint density at radius 2 is 2.00 bits per heavy atom. The Morgan fingerprint density at radius 3 is 2.71 bits per heavy atom. The molecule has 1 saturated heterocycles. The maximum absolute atomic E-state index is 12.8. The molecule has 1 aliphatic heterocycles. The summed E-state index contributed by atoms with van der Waals surface area (Å²) in [5, 5.41) is 10.4. The van der Waals surface area contributed by atoms with Crippen molar-refractivity contribution >= 4 is 22.8 Å². The number of hydrogen-bond donors (Lipinski definition) is 1. The SMILES string of the molecule is CCn1cc(CC(=O)N2CC(C(=O)O)CCC2C)c2ccccc21. The van der Waals surface area contributed by atoms with Gasteiger partial charge in [0.25, 0.3) is 0 Å². The van der Waals surface area contributed by atoms with Gasteiger partial charge in [0.2, 0.25) is 5.91 Å². The van der Waals surface area contributed by atoms with Gasteiger partial charge in [-0.1, -0.05) is 18.2 Å².